The molecule has 0 bridgehead atoms. The number of nitrogens with one attached hydrogen (secondary N) is 1. The van der Waals surface area contributed by atoms with Crippen molar-refractivity contribution < 1.29 is 31.8 Å². The number of thiazole rings is 1. The van der Waals surface area contributed by atoms with Crippen molar-refractivity contribution in [2.24, 2.45) is 0 Å². The summed E-state index contributed by atoms with van der Waals surface area (Å²) >= 11 is 1.10. The third kappa shape index (κ3) is 5.80. The first-order valence-electron chi connectivity index (χ1n) is 9.10. The fourth-order valence-corrected chi connectivity index (χ4v) is 3.53. The summed E-state index contributed by atoms with van der Waals surface area (Å²) in [5, 5.41) is 4.43. The standard InChI is InChI=1S/C21H18F4N2O3S/c1-29-9-8-26-19(28)18-12-31-20(27-18)15-7-6-14(10-17(15)22)30-11-13-4-2-3-5-16(13)21(23,24)25/h2-7,10,12H,8-9,11H2,1H3,(H,26,28). The number of aromatic nitrogens is 1. The Morgan fingerprint density at radius 1 is 1.19 bits per heavy atom. The van der Waals surface area contributed by atoms with E-state index in [0.29, 0.717) is 18.2 Å². The molecule has 164 valence electrons. The highest BCUT2D eigenvalue weighted by molar-refractivity contribution is 7.13. The van der Waals surface area contributed by atoms with E-state index in [1.807, 2.05) is 0 Å². The number of ether oxygens (including phenoxy) is 2. The normalized spacial score (nSPS) is 11.4. The van der Waals surface area contributed by atoms with Crippen LogP contribution in [0.1, 0.15) is 21.6 Å². The number of amides is 1. The Morgan fingerprint density at radius 3 is 2.68 bits per heavy atom. The van der Waals surface area contributed by atoms with E-state index in [2.05, 4.69) is 10.3 Å². The minimum absolute atomic E-state index is 0.0523. The first-order chi connectivity index (χ1) is 14.8. The van der Waals surface area contributed by atoms with E-state index in [1.54, 1.807) is 0 Å². The van der Waals surface area contributed by atoms with E-state index in [4.69, 9.17) is 9.47 Å². The van der Waals surface area contributed by atoms with Crippen LogP contribution in [-0.4, -0.2) is 31.2 Å². The minimum atomic E-state index is -4.51. The van der Waals surface area contributed by atoms with Gasteiger partial charge in [0.15, 0.2) is 0 Å². The van der Waals surface area contributed by atoms with E-state index in [-0.39, 0.29) is 29.2 Å². The van der Waals surface area contributed by atoms with Gasteiger partial charge < -0.3 is 14.8 Å². The van der Waals surface area contributed by atoms with E-state index in [1.165, 1.54) is 42.8 Å². The molecule has 0 saturated heterocycles. The van der Waals surface area contributed by atoms with Gasteiger partial charge in [-0.3, -0.25) is 4.79 Å². The highest BCUT2D eigenvalue weighted by Gasteiger charge is 2.33. The number of halogens is 4. The molecule has 3 rings (SSSR count). The van der Waals surface area contributed by atoms with Gasteiger partial charge in [-0.25, -0.2) is 9.37 Å². The summed E-state index contributed by atoms with van der Waals surface area (Å²) in [4.78, 5) is 16.1. The van der Waals surface area contributed by atoms with Gasteiger partial charge in [0.1, 0.15) is 28.9 Å². The Balaban J connectivity index is 1.70. The number of nitrogens with zero attached hydrogens (tertiary/aromatic N) is 1. The molecule has 1 amide bonds. The largest absolute Gasteiger partial charge is 0.489 e. The van der Waals surface area contributed by atoms with Gasteiger partial charge >= 0.3 is 6.18 Å². The average Bonchev–Trinajstić information content (AvgIpc) is 3.22. The monoisotopic (exact) mass is 454 g/mol. The van der Waals surface area contributed by atoms with Crippen molar-refractivity contribution >= 4 is 17.2 Å². The maximum Gasteiger partial charge on any atom is 0.416 e. The van der Waals surface area contributed by atoms with Gasteiger partial charge in [-0.1, -0.05) is 18.2 Å². The maximum absolute atomic E-state index is 14.6. The van der Waals surface area contributed by atoms with Gasteiger partial charge in [-0.05, 0) is 18.2 Å². The molecule has 5 nitrogen and oxygen atoms in total. The fraction of sp³-hybridized carbons (Fsp3) is 0.238. The fourth-order valence-electron chi connectivity index (χ4n) is 2.70. The molecular formula is C21H18F4N2O3S. The molecule has 0 fully saturated rings. The highest BCUT2D eigenvalue weighted by Crippen LogP contribution is 2.33. The Labute approximate surface area is 179 Å². The molecule has 0 aliphatic heterocycles. The van der Waals surface area contributed by atoms with Crippen LogP contribution in [0, 0.1) is 5.82 Å². The molecule has 31 heavy (non-hydrogen) atoms. The van der Waals surface area contributed by atoms with Gasteiger partial charge in [0.25, 0.3) is 5.91 Å². The van der Waals surface area contributed by atoms with Crippen LogP contribution in [0.2, 0.25) is 0 Å². The predicted octanol–water partition coefficient (Wildman–Crippen LogP) is 4.92. The molecule has 0 aliphatic carbocycles. The number of rotatable bonds is 8. The van der Waals surface area contributed by atoms with Crippen molar-refractivity contribution in [2.45, 2.75) is 12.8 Å². The summed E-state index contributed by atoms with van der Waals surface area (Å²) in [6.45, 7) is 0.309. The minimum Gasteiger partial charge on any atom is -0.489 e. The Bertz CT molecular complexity index is 1050. The molecule has 0 radical (unpaired) electrons. The predicted molar refractivity (Wildman–Crippen MR) is 107 cm³/mol. The summed E-state index contributed by atoms with van der Waals surface area (Å²) < 4.78 is 64.0. The zero-order valence-corrected chi connectivity index (χ0v) is 17.1. The van der Waals surface area contributed by atoms with Crippen LogP contribution in [-0.2, 0) is 17.5 Å². The van der Waals surface area contributed by atoms with Crippen LogP contribution in [0.25, 0.3) is 10.6 Å². The van der Waals surface area contributed by atoms with Gasteiger partial charge in [-0.15, -0.1) is 11.3 Å². The first kappa shape index (κ1) is 22.7. The van der Waals surface area contributed by atoms with Crippen molar-refractivity contribution in [3.8, 4) is 16.3 Å². The molecule has 2 aromatic carbocycles. The Morgan fingerprint density at radius 2 is 1.97 bits per heavy atom. The molecule has 0 aliphatic rings. The number of alkyl halides is 3. The maximum atomic E-state index is 14.6. The summed E-state index contributed by atoms with van der Waals surface area (Å²) in [6, 6.07) is 8.96. The number of carbonyl (C=O) groups is 1. The van der Waals surface area contributed by atoms with Crippen molar-refractivity contribution in [1.82, 2.24) is 10.3 Å². The van der Waals surface area contributed by atoms with E-state index in [9.17, 15) is 22.4 Å². The number of carbonyl (C=O) groups excluding carboxylic acids is 1. The zero-order valence-electron chi connectivity index (χ0n) is 16.3. The van der Waals surface area contributed by atoms with Crippen molar-refractivity contribution in [2.75, 3.05) is 20.3 Å². The zero-order chi connectivity index (χ0) is 22.4. The van der Waals surface area contributed by atoms with Crippen LogP contribution in [0.15, 0.2) is 47.8 Å². The molecule has 0 saturated carbocycles. The Kier molecular flexibility index (Phi) is 7.24. The molecule has 10 heteroatoms. The topological polar surface area (TPSA) is 60.5 Å². The average molecular weight is 454 g/mol. The first-order valence-corrected chi connectivity index (χ1v) is 9.98. The van der Waals surface area contributed by atoms with Crippen LogP contribution >= 0.6 is 11.3 Å². The lowest BCUT2D eigenvalue weighted by Gasteiger charge is -2.13. The second-order valence-electron chi connectivity index (χ2n) is 6.37. The van der Waals surface area contributed by atoms with E-state index >= 15 is 0 Å². The third-order valence-corrected chi connectivity index (χ3v) is 5.09. The van der Waals surface area contributed by atoms with Gasteiger partial charge in [0.05, 0.1) is 12.2 Å². The molecular weight excluding hydrogens is 436 g/mol. The highest BCUT2D eigenvalue weighted by atomic mass is 32.1. The number of benzene rings is 2. The molecule has 3 aromatic rings. The lowest BCUT2D eigenvalue weighted by Crippen LogP contribution is -2.27. The van der Waals surface area contributed by atoms with Gasteiger partial charge in [0, 0.05) is 36.2 Å². The van der Waals surface area contributed by atoms with Crippen LogP contribution < -0.4 is 10.1 Å². The quantitative estimate of drug-likeness (QED) is 0.388. The van der Waals surface area contributed by atoms with Gasteiger partial charge in [-0.2, -0.15) is 13.2 Å². The van der Waals surface area contributed by atoms with Crippen molar-refractivity contribution in [3.05, 3.63) is 70.5 Å². The van der Waals surface area contributed by atoms with E-state index in [0.717, 1.165) is 23.5 Å². The summed E-state index contributed by atoms with van der Waals surface area (Å²) in [5.74, 6) is -0.988. The van der Waals surface area contributed by atoms with Crippen molar-refractivity contribution in [3.63, 3.8) is 0 Å². The lowest BCUT2D eigenvalue weighted by molar-refractivity contribution is -0.138. The lowest BCUT2D eigenvalue weighted by atomic mass is 10.1. The number of hydrogen-bond donors (Lipinski definition) is 1. The second kappa shape index (κ2) is 9.88. The molecule has 0 unspecified atom stereocenters. The number of methoxy groups -OCH3 is 1. The number of hydrogen-bond acceptors (Lipinski definition) is 5. The molecule has 0 spiro atoms. The van der Waals surface area contributed by atoms with Crippen LogP contribution in [0.4, 0.5) is 17.6 Å². The summed E-state index contributed by atoms with van der Waals surface area (Å²) in [7, 11) is 1.51. The SMILES string of the molecule is COCCNC(=O)c1csc(-c2ccc(OCc3ccccc3C(F)(F)F)cc2F)n1. The smallest absolute Gasteiger partial charge is 0.416 e. The van der Waals surface area contributed by atoms with Crippen LogP contribution in [0.5, 0.6) is 5.75 Å². The molecule has 1 aromatic heterocycles. The Hall–Kier alpha value is -2.98. The van der Waals surface area contributed by atoms with Crippen molar-refractivity contribution in [1.29, 1.82) is 0 Å². The third-order valence-electron chi connectivity index (χ3n) is 4.22. The second-order valence-corrected chi connectivity index (χ2v) is 7.23. The van der Waals surface area contributed by atoms with Crippen LogP contribution in [0.3, 0.4) is 0 Å². The summed E-state index contributed by atoms with van der Waals surface area (Å²) in [6.07, 6.45) is -4.51. The molecule has 0 atom stereocenters. The summed E-state index contributed by atoms with van der Waals surface area (Å²) in [5.41, 5.74) is -0.543. The molecule has 1 heterocycles. The molecule has 1 N–H and O–H groups in total. The van der Waals surface area contributed by atoms with Gasteiger partial charge in [0.2, 0.25) is 0 Å². The van der Waals surface area contributed by atoms with E-state index < -0.39 is 23.5 Å².